The third-order valence-electron chi connectivity index (χ3n) is 2.37. The molecule has 0 aliphatic carbocycles. The monoisotopic (exact) mass is 227 g/mol. The van der Waals surface area contributed by atoms with Crippen LogP contribution in [-0.2, 0) is 9.47 Å². The molecular formula is C9H13N3O4. The van der Waals surface area contributed by atoms with Crippen LogP contribution < -0.4 is 11.4 Å². The van der Waals surface area contributed by atoms with Crippen LogP contribution in [0.3, 0.4) is 0 Å². The van der Waals surface area contributed by atoms with Crippen molar-refractivity contribution in [2.45, 2.75) is 18.9 Å². The summed E-state index contributed by atoms with van der Waals surface area (Å²) in [5.41, 5.74) is 4.87. The quantitative estimate of drug-likeness (QED) is 0.677. The van der Waals surface area contributed by atoms with Gasteiger partial charge < -0.3 is 20.3 Å². The second kappa shape index (κ2) is 3.85. The van der Waals surface area contributed by atoms with Gasteiger partial charge in [-0.2, -0.15) is 4.98 Å². The lowest BCUT2D eigenvalue weighted by Crippen LogP contribution is -2.33. The van der Waals surface area contributed by atoms with Crippen LogP contribution in [0.25, 0.3) is 0 Å². The summed E-state index contributed by atoms with van der Waals surface area (Å²) in [6.45, 7) is 1.51. The molecule has 0 aromatic carbocycles. The highest BCUT2D eigenvalue weighted by atomic mass is 16.8. The van der Waals surface area contributed by atoms with E-state index in [0.717, 1.165) is 0 Å². The number of hydrogen-bond donors (Lipinski definition) is 2. The first-order valence-electron chi connectivity index (χ1n) is 4.81. The van der Waals surface area contributed by atoms with Gasteiger partial charge in [0.15, 0.2) is 12.0 Å². The van der Waals surface area contributed by atoms with Gasteiger partial charge >= 0.3 is 5.69 Å². The van der Waals surface area contributed by atoms with Crippen LogP contribution in [0, 0.1) is 0 Å². The Morgan fingerprint density at radius 1 is 1.81 bits per heavy atom. The van der Waals surface area contributed by atoms with Gasteiger partial charge in [-0.25, -0.2) is 4.79 Å². The standard InChI is InChI=1S/C9H13N3O4/c1-9(5-13)15-4-7(16-9)12-3-2-6(10)11-8(12)14/h2-3,7,13H,4-5H2,1H3,(H2,10,11,14)/t7-,9?/m0/s1. The van der Waals surface area contributed by atoms with E-state index in [-0.39, 0.29) is 19.0 Å². The van der Waals surface area contributed by atoms with Gasteiger partial charge in [0.05, 0.1) is 13.2 Å². The van der Waals surface area contributed by atoms with Crippen molar-refractivity contribution in [3.8, 4) is 0 Å². The summed E-state index contributed by atoms with van der Waals surface area (Å²) >= 11 is 0. The molecule has 2 rings (SSSR count). The molecule has 0 saturated carbocycles. The van der Waals surface area contributed by atoms with E-state index in [9.17, 15) is 4.79 Å². The minimum Gasteiger partial charge on any atom is -0.391 e. The predicted molar refractivity (Wildman–Crippen MR) is 54.5 cm³/mol. The molecule has 2 heterocycles. The highest BCUT2D eigenvalue weighted by Crippen LogP contribution is 2.27. The molecule has 1 unspecified atom stereocenters. The van der Waals surface area contributed by atoms with Crippen molar-refractivity contribution in [3.63, 3.8) is 0 Å². The summed E-state index contributed by atoms with van der Waals surface area (Å²) in [4.78, 5) is 15.1. The van der Waals surface area contributed by atoms with Gasteiger partial charge in [0.2, 0.25) is 0 Å². The summed E-state index contributed by atoms with van der Waals surface area (Å²) in [7, 11) is 0. The molecule has 16 heavy (non-hydrogen) atoms. The molecule has 3 N–H and O–H groups in total. The van der Waals surface area contributed by atoms with Crippen molar-refractivity contribution in [1.29, 1.82) is 0 Å². The lowest BCUT2D eigenvalue weighted by molar-refractivity contribution is -0.186. The number of anilines is 1. The Bertz CT molecular complexity index is 447. The number of nitrogen functional groups attached to an aromatic ring is 1. The smallest absolute Gasteiger partial charge is 0.351 e. The fourth-order valence-corrected chi connectivity index (χ4v) is 1.47. The predicted octanol–water partition coefficient (Wildman–Crippen LogP) is -0.921. The first-order valence-corrected chi connectivity index (χ1v) is 4.81. The maximum absolute atomic E-state index is 11.5. The van der Waals surface area contributed by atoms with Crippen LogP contribution in [0.4, 0.5) is 5.82 Å². The van der Waals surface area contributed by atoms with Crippen LogP contribution >= 0.6 is 0 Å². The third kappa shape index (κ3) is 1.92. The van der Waals surface area contributed by atoms with E-state index in [0.29, 0.717) is 0 Å². The molecule has 88 valence electrons. The topological polar surface area (TPSA) is 99.6 Å². The van der Waals surface area contributed by atoms with E-state index in [2.05, 4.69) is 4.98 Å². The number of aliphatic hydroxyl groups is 1. The lowest BCUT2D eigenvalue weighted by atomic mass is 10.4. The zero-order chi connectivity index (χ0) is 11.8. The molecule has 7 heteroatoms. The zero-order valence-electron chi connectivity index (χ0n) is 8.79. The highest BCUT2D eigenvalue weighted by Gasteiger charge is 2.37. The van der Waals surface area contributed by atoms with E-state index >= 15 is 0 Å². The van der Waals surface area contributed by atoms with E-state index in [4.69, 9.17) is 20.3 Å². The Kier molecular flexibility index (Phi) is 2.66. The second-order valence-corrected chi connectivity index (χ2v) is 3.72. The van der Waals surface area contributed by atoms with E-state index in [1.165, 1.54) is 16.8 Å². The molecular weight excluding hydrogens is 214 g/mol. The van der Waals surface area contributed by atoms with Gasteiger partial charge in [-0.3, -0.25) is 4.57 Å². The van der Waals surface area contributed by atoms with E-state index in [1.54, 1.807) is 6.92 Å². The third-order valence-corrected chi connectivity index (χ3v) is 2.37. The van der Waals surface area contributed by atoms with Gasteiger partial charge in [-0.05, 0) is 13.0 Å². The maximum atomic E-state index is 11.5. The number of nitrogens with zero attached hydrogens (tertiary/aromatic N) is 2. The maximum Gasteiger partial charge on any atom is 0.351 e. The molecule has 1 fully saturated rings. The first-order chi connectivity index (χ1) is 7.54. The largest absolute Gasteiger partial charge is 0.391 e. The van der Waals surface area contributed by atoms with Crippen molar-refractivity contribution in [2.75, 3.05) is 18.9 Å². The molecule has 1 aliphatic rings. The van der Waals surface area contributed by atoms with Gasteiger partial charge in [-0.1, -0.05) is 0 Å². The van der Waals surface area contributed by atoms with Gasteiger partial charge in [-0.15, -0.1) is 0 Å². The summed E-state index contributed by atoms with van der Waals surface area (Å²) in [6, 6.07) is 1.50. The molecule has 1 aromatic heterocycles. The summed E-state index contributed by atoms with van der Waals surface area (Å²) < 4.78 is 11.9. The molecule has 0 amide bonds. The van der Waals surface area contributed by atoms with Crippen LogP contribution in [-0.4, -0.2) is 33.7 Å². The fraction of sp³-hybridized carbons (Fsp3) is 0.556. The van der Waals surface area contributed by atoms with Crippen LogP contribution in [0.1, 0.15) is 13.2 Å². The fourth-order valence-electron chi connectivity index (χ4n) is 1.47. The van der Waals surface area contributed by atoms with Crippen molar-refractivity contribution in [3.05, 3.63) is 22.7 Å². The SMILES string of the molecule is CC1(CO)OC[C@@H](n2ccc(N)nc2=O)O1. The Morgan fingerprint density at radius 2 is 2.56 bits per heavy atom. The van der Waals surface area contributed by atoms with Crippen LogP contribution in [0.15, 0.2) is 17.1 Å². The minimum atomic E-state index is -1.06. The highest BCUT2D eigenvalue weighted by molar-refractivity contribution is 5.23. The minimum absolute atomic E-state index is 0.157. The van der Waals surface area contributed by atoms with Crippen LogP contribution in [0.5, 0.6) is 0 Å². The number of rotatable bonds is 2. The molecule has 2 atom stereocenters. The summed E-state index contributed by atoms with van der Waals surface area (Å²) in [5.74, 6) is -0.907. The molecule has 7 nitrogen and oxygen atoms in total. The second-order valence-electron chi connectivity index (χ2n) is 3.72. The van der Waals surface area contributed by atoms with Crippen molar-refractivity contribution < 1.29 is 14.6 Å². The van der Waals surface area contributed by atoms with Crippen molar-refractivity contribution in [2.24, 2.45) is 0 Å². The molecule has 0 spiro atoms. The Labute approximate surface area is 91.4 Å². The number of ether oxygens (including phenoxy) is 2. The zero-order valence-corrected chi connectivity index (χ0v) is 8.79. The number of aliphatic hydroxyl groups excluding tert-OH is 1. The Morgan fingerprint density at radius 3 is 3.12 bits per heavy atom. The van der Waals surface area contributed by atoms with Gasteiger partial charge in [0.1, 0.15) is 5.82 Å². The average Bonchev–Trinajstić information content (AvgIpc) is 2.62. The van der Waals surface area contributed by atoms with Crippen molar-refractivity contribution >= 4 is 5.82 Å². The lowest BCUT2D eigenvalue weighted by Gasteiger charge is -2.20. The Hall–Kier alpha value is -1.44. The Balaban J connectivity index is 2.24. The summed E-state index contributed by atoms with van der Waals surface area (Å²) in [6.07, 6.45) is 0.902. The molecule has 0 radical (unpaired) electrons. The van der Waals surface area contributed by atoms with E-state index in [1.807, 2.05) is 0 Å². The molecule has 1 aliphatic heterocycles. The summed E-state index contributed by atoms with van der Waals surface area (Å²) in [5, 5.41) is 9.03. The van der Waals surface area contributed by atoms with Gasteiger partial charge in [0, 0.05) is 6.20 Å². The number of aromatic nitrogens is 2. The van der Waals surface area contributed by atoms with Crippen LogP contribution in [0.2, 0.25) is 0 Å². The number of nitrogens with two attached hydrogens (primary N) is 1. The average molecular weight is 227 g/mol. The first kappa shape index (κ1) is 11.1. The van der Waals surface area contributed by atoms with Gasteiger partial charge in [0.25, 0.3) is 0 Å². The number of hydrogen-bond acceptors (Lipinski definition) is 6. The molecule has 1 aromatic rings. The van der Waals surface area contributed by atoms with Crippen molar-refractivity contribution in [1.82, 2.24) is 9.55 Å². The normalized spacial score (nSPS) is 29.5. The molecule has 1 saturated heterocycles. The molecule has 0 bridgehead atoms. The van der Waals surface area contributed by atoms with E-state index < -0.39 is 17.7 Å².